The fraction of sp³-hybridized carbons (Fsp3) is 0.261. The molecular weight excluding hydrogens is 366 g/mol. The Kier molecular flexibility index (Phi) is 3.75. The van der Waals surface area contributed by atoms with Crippen LogP contribution in [0, 0.1) is 11.3 Å². The minimum atomic E-state index is -0.834. The first-order chi connectivity index (χ1) is 14.1. The van der Waals surface area contributed by atoms with Crippen molar-refractivity contribution in [3.05, 3.63) is 69.9 Å². The molecular formula is C23H19N3O3. The van der Waals surface area contributed by atoms with Crippen molar-refractivity contribution >= 4 is 21.9 Å². The van der Waals surface area contributed by atoms with Crippen molar-refractivity contribution in [2.24, 2.45) is 7.05 Å². The average molecular weight is 385 g/mol. The maximum absolute atomic E-state index is 12.7. The molecule has 0 saturated carbocycles. The van der Waals surface area contributed by atoms with Crippen LogP contribution < -0.4 is 10.3 Å². The summed E-state index contributed by atoms with van der Waals surface area (Å²) in [5.74, 6) is 0.627. The predicted octanol–water partition coefficient (Wildman–Crippen LogP) is 3.64. The monoisotopic (exact) mass is 385 g/mol. The molecule has 6 heteroatoms. The number of furan rings is 1. The number of fused-ring (bicyclic) bond motifs is 4. The first kappa shape index (κ1) is 17.5. The van der Waals surface area contributed by atoms with Gasteiger partial charge in [-0.3, -0.25) is 4.79 Å². The lowest BCUT2D eigenvalue weighted by atomic mass is 9.68. The zero-order chi connectivity index (χ0) is 20.2. The van der Waals surface area contributed by atoms with Crippen LogP contribution in [-0.2, 0) is 25.3 Å². The summed E-state index contributed by atoms with van der Waals surface area (Å²) in [6, 6.07) is 14.1. The van der Waals surface area contributed by atoms with Gasteiger partial charge in [-0.1, -0.05) is 24.3 Å². The van der Waals surface area contributed by atoms with Crippen LogP contribution in [0.2, 0.25) is 0 Å². The third kappa shape index (κ3) is 2.40. The van der Waals surface area contributed by atoms with Crippen molar-refractivity contribution in [3.8, 4) is 11.8 Å². The Morgan fingerprint density at radius 2 is 2.10 bits per heavy atom. The number of para-hydroxylation sites is 1. The molecule has 0 spiro atoms. The van der Waals surface area contributed by atoms with Gasteiger partial charge in [0.15, 0.2) is 11.3 Å². The van der Waals surface area contributed by atoms with Gasteiger partial charge in [0.1, 0.15) is 5.58 Å². The van der Waals surface area contributed by atoms with Gasteiger partial charge >= 0.3 is 0 Å². The molecule has 29 heavy (non-hydrogen) atoms. The maximum atomic E-state index is 12.7. The first-order valence-corrected chi connectivity index (χ1v) is 9.51. The summed E-state index contributed by atoms with van der Waals surface area (Å²) in [5, 5.41) is 12.2. The van der Waals surface area contributed by atoms with Crippen molar-refractivity contribution in [1.82, 2.24) is 9.55 Å². The highest BCUT2D eigenvalue weighted by atomic mass is 16.5. The average Bonchev–Trinajstić information content (AvgIpc) is 3.15. The third-order valence-corrected chi connectivity index (χ3v) is 6.02. The van der Waals surface area contributed by atoms with Crippen molar-refractivity contribution in [3.63, 3.8) is 0 Å². The predicted molar refractivity (Wildman–Crippen MR) is 109 cm³/mol. The fourth-order valence-corrected chi connectivity index (χ4v) is 4.49. The number of nitrogens with zero attached hydrogens (tertiary/aromatic N) is 3. The molecule has 0 aliphatic heterocycles. The van der Waals surface area contributed by atoms with Gasteiger partial charge in [-0.15, -0.1) is 0 Å². The van der Waals surface area contributed by atoms with E-state index in [0.29, 0.717) is 36.2 Å². The molecule has 4 aromatic rings. The van der Waals surface area contributed by atoms with Crippen LogP contribution in [0.4, 0.5) is 0 Å². The Morgan fingerprint density at radius 3 is 2.90 bits per heavy atom. The van der Waals surface area contributed by atoms with Crippen LogP contribution in [-0.4, -0.2) is 16.7 Å². The number of aryl methyl sites for hydroxylation is 2. The summed E-state index contributed by atoms with van der Waals surface area (Å²) in [5.41, 5.74) is 2.74. The van der Waals surface area contributed by atoms with Crippen molar-refractivity contribution in [1.29, 1.82) is 5.26 Å². The number of hydrogen-bond donors (Lipinski definition) is 0. The second kappa shape index (κ2) is 6.21. The van der Waals surface area contributed by atoms with Gasteiger partial charge in [0.2, 0.25) is 0 Å². The molecule has 1 aliphatic rings. The second-order valence-corrected chi connectivity index (χ2v) is 7.57. The SMILES string of the molecule is COc1ccc(C2(C#N)CCc3ncn(C)c(=O)c3C2)c2c1oc1ccccc12. The van der Waals surface area contributed by atoms with Crippen LogP contribution >= 0.6 is 0 Å². The van der Waals surface area contributed by atoms with Crippen LogP contribution in [0.25, 0.3) is 21.9 Å². The molecule has 6 nitrogen and oxygen atoms in total. The normalized spacial score (nSPS) is 18.5. The number of aromatic nitrogens is 2. The van der Waals surface area contributed by atoms with E-state index in [9.17, 15) is 10.1 Å². The van der Waals surface area contributed by atoms with E-state index in [1.807, 2.05) is 36.4 Å². The quantitative estimate of drug-likeness (QED) is 0.526. The third-order valence-electron chi connectivity index (χ3n) is 6.02. The standard InChI is InChI=1S/C23H19N3O3/c1-26-13-25-17-9-10-23(12-24,11-15(17)22(26)27)16-7-8-19(28-2)21-20(16)14-5-3-4-6-18(14)29-21/h3-8,13H,9-11H2,1-2H3. The van der Waals surface area contributed by atoms with Gasteiger partial charge in [-0.2, -0.15) is 5.26 Å². The highest BCUT2D eigenvalue weighted by Crippen LogP contribution is 2.45. The minimum Gasteiger partial charge on any atom is -0.493 e. The number of benzene rings is 2. The number of rotatable bonds is 2. The molecule has 1 aliphatic carbocycles. The van der Waals surface area contributed by atoms with E-state index < -0.39 is 5.41 Å². The zero-order valence-corrected chi connectivity index (χ0v) is 16.2. The molecule has 144 valence electrons. The number of ether oxygens (including phenoxy) is 1. The van der Waals surface area contributed by atoms with Gasteiger partial charge in [-0.05, 0) is 30.5 Å². The minimum absolute atomic E-state index is 0.0869. The van der Waals surface area contributed by atoms with Crippen molar-refractivity contribution in [2.75, 3.05) is 7.11 Å². The van der Waals surface area contributed by atoms with Gasteiger partial charge < -0.3 is 13.7 Å². The largest absolute Gasteiger partial charge is 0.493 e. The topological polar surface area (TPSA) is 81.0 Å². The van der Waals surface area contributed by atoms with E-state index in [2.05, 4.69) is 11.1 Å². The smallest absolute Gasteiger partial charge is 0.256 e. The van der Waals surface area contributed by atoms with Gasteiger partial charge in [-0.25, -0.2) is 4.98 Å². The van der Waals surface area contributed by atoms with Crippen LogP contribution in [0.1, 0.15) is 23.2 Å². The van der Waals surface area contributed by atoms with Crippen molar-refractivity contribution in [2.45, 2.75) is 24.7 Å². The van der Waals surface area contributed by atoms with Crippen LogP contribution in [0.15, 0.2) is 51.9 Å². The zero-order valence-electron chi connectivity index (χ0n) is 16.2. The van der Waals surface area contributed by atoms with E-state index in [1.165, 1.54) is 4.57 Å². The Balaban J connectivity index is 1.82. The lowest BCUT2D eigenvalue weighted by Crippen LogP contribution is -2.38. The molecule has 0 radical (unpaired) electrons. The highest BCUT2D eigenvalue weighted by Gasteiger charge is 2.40. The number of hydrogen-bond acceptors (Lipinski definition) is 5. The number of nitriles is 1. The summed E-state index contributed by atoms with van der Waals surface area (Å²) in [4.78, 5) is 17.2. The van der Waals surface area contributed by atoms with Crippen molar-refractivity contribution < 1.29 is 9.15 Å². The first-order valence-electron chi connectivity index (χ1n) is 9.51. The molecule has 2 heterocycles. The summed E-state index contributed by atoms with van der Waals surface area (Å²) in [7, 11) is 3.29. The van der Waals surface area contributed by atoms with E-state index in [1.54, 1.807) is 20.5 Å². The Hall–Kier alpha value is -3.59. The molecule has 0 bridgehead atoms. The van der Waals surface area contributed by atoms with Crippen LogP contribution in [0.5, 0.6) is 5.75 Å². The van der Waals surface area contributed by atoms with Gasteiger partial charge in [0, 0.05) is 29.8 Å². The lowest BCUT2D eigenvalue weighted by Gasteiger charge is -2.32. The molecule has 1 atom stereocenters. The van der Waals surface area contributed by atoms with E-state index >= 15 is 0 Å². The maximum Gasteiger partial charge on any atom is 0.256 e. The Labute approximate surface area is 167 Å². The molecule has 2 aromatic carbocycles. The fourth-order valence-electron chi connectivity index (χ4n) is 4.49. The summed E-state index contributed by atoms with van der Waals surface area (Å²) < 4.78 is 13.1. The molecule has 5 rings (SSSR count). The van der Waals surface area contributed by atoms with E-state index in [0.717, 1.165) is 27.6 Å². The molecule has 2 aromatic heterocycles. The Bertz CT molecular complexity index is 1380. The molecule has 0 amide bonds. The molecule has 0 N–H and O–H groups in total. The highest BCUT2D eigenvalue weighted by molar-refractivity contribution is 6.09. The van der Waals surface area contributed by atoms with Crippen LogP contribution in [0.3, 0.4) is 0 Å². The summed E-state index contributed by atoms with van der Waals surface area (Å²) in [6.45, 7) is 0. The van der Waals surface area contributed by atoms with E-state index in [4.69, 9.17) is 9.15 Å². The van der Waals surface area contributed by atoms with Gasteiger partial charge in [0.25, 0.3) is 5.56 Å². The number of methoxy groups -OCH3 is 1. The summed E-state index contributed by atoms with van der Waals surface area (Å²) in [6.07, 6.45) is 3.07. The second-order valence-electron chi connectivity index (χ2n) is 7.57. The molecule has 1 unspecified atom stereocenters. The summed E-state index contributed by atoms with van der Waals surface area (Å²) >= 11 is 0. The Morgan fingerprint density at radius 1 is 1.28 bits per heavy atom. The molecule has 0 saturated heterocycles. The lowest BCUT2D eigenvalue weighted by molar-refractivity contribution is 0.411. The van der Waals surface area contributed by atoms with Gasteiger partial charge in [0.05, 0.1) is 30.6 Å². The molecule has 0 fully saturated rings. The van der Waals surface area contributed by atoms with E-state index in [-0.39, 0.29) is 5.56 Å².